The highest BCUT2D eigenvalue weighted by atomic mass is 32.2. The van der Waals surface area contributed by atoms with Crippen LogP contribution in [0.3, 0.4) is 0 Å². The van der Waals surface area contributed by atoms with E-state index in [0.29, 0.717) is 31.4 Å². The van der Waals surface area contributed by atoms with Crippen LogP contribution in [0.1, 0.15) is 12.8 Å². The number of rotatable bonds is 3. The Morgan fingerprint density at radius 3 is 2.37 bits per heavy atom. The van der Waals surface area contributed by atoms with Crippen LogP contribution >= 0.6 is 0 Å². The molecule has 8 heteroatoms. The number of piperidine rings is 1. The fourth-order valence-electron chi connectivity index (χ4n) is 2.25. The summed E-state index contributed by atoms with van der Waals surface area (Å²) in [6.45, 7) is 1.29. The van der Waals surface area contributed by atoms with Gasteiger partial charge in [0.2, 0.25) is 0 Å². The highest BCUT2D eigenvalue weighted by molar-refractivity contribution is 7.91. The standard InChI is InChI=1S/C11H17BN2O4S/c1-19(17,18)10-4-6-14(7-5-10)11-3-2-9(8-13-11)12(15)16/h2-3,8,10,15-16H,4-7H2,1H3. The van der Waals surface area contributed by atoms with Gasteiger partial charge in [0, 0.05) is 31.0 Å². The minimum atomic E-state index is -2.96. The van der Waals surface area contributed by atoms with Crippen molar-refractivity contribution in [2.75, 3.05) is 24.2 Å². The highest BCUT2D eigenvalue weighted by Gasteiger charge is 2.27. The van der Waals surface area contributed by atoms with Gasteiger partial charge < -0.3 is 14.9 Å². The Bertz CT molecular complexity index is 524. The predicted molar refractivity (Wildman–Crippen MR) is 74.1 cm³/mol. The molecule has 0 bridgehead atoms. The predicted octanol–water partition coefficient (Wildman–Crippen LogP) is -1.23. The first-order valence-electron chi connectivity index (χ1n) is 6.14. The second-order valence-corrected chi connectivity index (χ2v) is 7.17. The molecule has 1 fully saturated rings. The number of aromatic nitrogens is 1. The van der Waals surface area contributed by atoms with Crippen LogP contribution in [0.25, 0.3) is 0 Å². The van der Waals surface area contributed by atoms with Crippen molar-refractivity contribution in [1.82, 2.24) is 4.98 Å². The summed E-state index contributed by atoms with van der Waals surface area (Å²) in [5.41, 5.74) is 0.342. The molecule has 0 amide bonds. The Kier molecular flexibility index (Phi) is 4.12. The van der Waals surface area contributed by atoms with Crippen LogP contribution in [-0.4, -0.2) is 55.2 Å². The van der Waals surface area contributed by atoms with Crippen LogP contribution in [0.2, 0.25) is 0 Å². The van der Waals surface area contributed by atoms with Crippen LogP contribution in [0.5, 0.6) is 0 Å². The third kappa shape index (κ3) is 3.46. The zero-order valence-corrected chi connectivity index (χ0v) is 11.5. The lowest BCUT2D eigenvalue weighted by atomic mass is 9.82. The lowest BCUT2D eigenvalue weighted by Crippen LogP contribution is -2.39. The lowest BCUT2D eigenvalue weighted by Gasteiger charge is -2.31. The summed E-state index contributed by atoms with van der Waals surface area (Å²) in [6, 6.07) is 3.32. The molecule has 1 aromatic rings. The van der Waals surface area contributed by atoms with Crippen molar-refractivity contribution < 1.29 is 18.5 Å². The average Bonchev–Trinajstić information content (AvgIpc) is 2.38. The largest absolute Gasteiger partial charge is 0.490 e. The molecular weight excluding hydrogens is 267 g/mol. The molecule has 1 aliphatic heterocycles. The number of nitrogens with zero attached hydrogens (tertiary/aromatic N) is 2. The van der Waals surface area contributed by atoms with E-state index in [0.717, 1.165) is 5.82 Å². The maximum Gasteiger partial charge on any atom is 0.490 e. The van der Waals surface area contributed by atoms with Gasteiger partial charge in [-0.05, 0) is 18.9 Å². The van der Waals surface area contributed by atoms with Crippen LogP contribution in [0.4, 0.5) is 5.82 Å². The monoisotopic (exact) mass is 284 g/mol. The van der Waals surface area contributed by atoms with E-state index in [-0.39, 0.29) is 5.25 Å². The van der Waals surface area contributed by atoms with Crippen molar-refractivity contribution in [3.8, 4) is 0 Å². The van der Waals surface area contributed by atoms with Crippen molar-refractivity contribution in [2.24, 2.45) is 0 Å². The summed E-state index contributed by atoms with van der Waals surface area (Å²) in [5.74, 6) is 0.733. The van der Waals surface area contributed by atoms with Gasteiger partial charge in [0.1, 0.15) is 15.7 Å². The lowest BCUT2D eigenvalue weighted by molar-refractivity contribution is 0.425. The first-order chi connectivity index (χ1) is 8.88. The van der Waals surface area contributed by atoms with Crippen molar-refractivity contribution >= 4 is 28.2 Å². The second-order valence-electron chi connectivity index (χ2n) is 4.84. The van der Waals surface area contributed by atoms with Crippen molar-refractivity contribution in [1.29, 1.82) is 0 Å². The van der Waals surface area contributed by atoms with Gasteiger partial charge in [-0.15, -0.1) is 0 Å². The summed E-state index contributed by atoms with van der Waals surface area (Å²) in [6.07, 6.45) is 3.90. The SMILES string of the molecule is CS(=O)(=O)C1CCN(c2ccc(B(O)O)cn2)CC1. The molecule has 2 heterocycles. The van der Waals surface area contributed by atoms with Crippen molar-refractivity contribution in [2.45, 2.75) is 18.1 Å². The fraction of sp³-hybridized carbons (Fsp3) is 0.545. The van der Waals surface area contributed by atoms with Crippen LogP contribution < -0.4 is 10.4 Å². The molecule has 6 nitrogen and oxygen atoms in total. The summed E-state index contributed by atoms with van der Waals surface area (Å²) >= 11 is 0. The first kappa shape index (κ1) is 14.3. The minimum Gasteiger partial charge on any atom is -0.423 e. The van der Waals surface area contributed by atoms with E-state index in [2.05, 4.69) is 4.98 Å². The number of anilines is 1. The highest BCUT2D eigenvalue weighted by Crippen LogP contribution is 2.20. The minimum absolute atomic E-state index is 0.262. The molecule has 104 valence electrons. The Morgan fingerprint density at radius 2 is 1.95 bits per heavy atom. The third-order valence-electron chi connectivity index (χ3n) is 3.44. The van der Waals surface area contributed by atoms with Crippen molar-refractivity contribution in [3.05, 3.63) is 18.3 Å². The molecule has 1 aliphatic rings. The summed E-state index contributed by atoms with van der Waals surface area (Å²) in [7, 11) is -4.48. The average molecular weight is 284 g/mol. The van der Waals surface area contributed by atoms with E-state index in [1.54, 1.807) is 12.1 Å². The Hall–Kier alpha value is -1.12. The third-order valence-corrected chi connectivity index (χ3v) is 5.12. The first-order valence-corrected chi connectivity index (χ1v) is 8.09. The van der Waals surface area contributed by atoms with Gasteiger partial charge in [-0.25, -0.2) is 13.4 Å². The van der Waals surface area contributed by atoms with Gasteiger partial charge in [-0.2, -0.15) is 0 Å². The number of hydrogen-bond donors (Lipinski definition) is 2. The van der Waals surface area contributed by atoms with E-state index in [1.807, 2.05) is 4.90 Å². The zero-order chi connectivity index (χ0) is 14.0. The van der Waals surface area contributed by atoms with Gasteiger partial charge >= 0.3 is 7.12 Å². The van der Waals surface area contributed by atoms with Crippen LogP contribution in [0.15, 0.2) is 18.3 Å². The summed E-state index contributed by atoms with van der Waals surface area (Å²) < 4.78 is 22.9. The van der Waals surface area contributed by atoms with E-state index in [9.17, 15) is 8.42 Å². The van der Waals surface area contributed by atoms with E-state index in [1.165, 1.54) is 12.5 Å². The van der Waals surface area contributed by atoms with Gasteiger partial charge in [-0.1, -0.05) is 6.07 Å². The van der Waals surface area contributed by atoms with E-state index < -0.39 is 17.0 Å². The van der Waals surface area contributed by atoms with Crippen LogP contribution in [-0.2, 0) is 9.84 Å². The van der Waals surface area contributed by atoms with Crippen LogP contribution in [0, 0.1) is 0 Å². The van der Waals surface area contributed by atoms with Gasteiger partial charge in [0.15, 0.2) is 0 Å². The van der Waals surface area contributed by atoms with Gasteiger partial charge in [0.05, 0.1) is 5.25 Å². The molecule has 0 atom stereocenters. The number of sulfone groups is 1. The molecule has 19 heavy (non-hydrogen) atoms. The fourth-order valence-corrected chi connectivity index (χ4v) is 3.32. The van der Waals surface area contributed by atoms with Gasteiger partial charge in [-0.3, -0.25) is 0 Å². The molecule has 0 radical (unpaired) electrons. The maximum absolute atomic E-state index is 11.5. The van der Waals surface area contributed by atoms with E-state index >= 15 is 0 Å². The number of hydrogen-bond acceptors (Lipinski definition) is 6. The molecule has 0 aromatic carbocycles. The summed E-state index contributed by atoms with van der Waals surface area (Å²) in [4.78, 5) is 6.18. The van der Waals surface area contributed by atoms with Crippen molar-refractivity contribution in [3.63, 3.8) is 0 Å². The molecule has 2 N–H and O–H groups in total. The topological polar surface area (TPSA) is 90.7 Å². The Labute approximate surface area is 113 Å². The molecule has 2 rings (SSSR count). The quantitative estimate of drug-likeness (QED) is 0.676. The summed E-state index contributed by atoms with van der Waals surface area (Å²) in [5, 5.41) is 17.7. The van der Waals surface area contributed by atoms with E-state index in [4.69, 9.17) is 10.0 Å². The zero-order valence-electron chi connectivity index (χ0n) is 10.7. The molecule has 0 spiro atoms. The molecule has 0 unspecified atom stereocenters. The maximum atomic E-state index is 11.5. The Morgan fingerprint density at radius 1 is 1.32 bits per heavy atom. The molecular formula is C11H17BN2O4S. The second kappa shape index (κ2) is 5.48. The normalized spacial score (nSPS) is 17.5. The van der Waals surface area contributed by atoms with Gasteiger partial charge in [0.25, 0.3) is 0 Å². The molecule has 0 saturated carbocycles. The molecule has 1 saturated heterocycles. The Balaban J connectivity index is 2.02. The smallest absolute Gasteiger partial charge is 0.423 e. The molecule has 0 aliphatic carbocycles. The molecule has 1 aromatic heterocycles. The number of pyridine rings is 1.